The number of hydrogen-bond donors (Lipinski definition) is 2. The summed E-state index contributed by atoms with van der Waals surface area (Å²) in [5.41, 5.74) is 2.47. The molecule has 6 nitrogen and oxygen atoms in total. The average Bonchev–Trinajstić information content (AvgIpc) is 2.70. The molecule has 28 heavy (non-hydrogen) atoms. The molecule has 2 N–H and O–H groups in total. The van der Waals surface area contributed by atoms with Crippen molar-refractivity contribution in [1.29, 1.82) is 0 Å². The summed E-state index contributed by atoms with van der Waals surface area (Å²) in [4.78, 5) is 28.3. The zero-order valence-electron chi connectivity index (χ0n) is 15.7. The maximum Gasteiger partial charge on any atom is 0.255 e. The lowest BCUT2D eigenvalue weighted by molar-refractivity contribution is 0.101. The highest BCUT2D eigenvalue weighted by Gasteiger charge is 2.09. The van der Waals surface area contributed by atoms with Crippen molar-refractivity contribution in [3.8, 4) is 5.75 Å². The zero-order valence-corrected chi connectivity index (χ0v) is 15.7. The number of carbonyl (C=O) groups is 2. The molecule has 2 aromatic carbocycles. The zero-order chi connectivity index (χ0) is 19.9. The summed E-state index contributed by atoms with van der Waals surface area (Å²) in [6.07, 6.45) is 1.56. The molecule has 1 heterocycles. The summed E-state index contributed by atoms with van der Waals surface area (Å²) in [7, 11) is 0. The van der Waals surface area contributed by atoms with E-state index in [1.54, 1.807) is 60.8 Å². The minimum atomic E-state index is -0.243. The lowest BCUT2D eigenvalue weighted by Crippen LogP contribution is -2.12. The summed E-state index contributed by atoms with van der Waals surface area (Å²) in [5, 5.41) is 5.97. The second-order valence-electron chi connectivity index (χ2n) is 6.10. The molecular weight excluding hydrogens is 354 g/mol. The van der Waals surface area contributed by atoms with Crippen LogP contribution in [-0.4, -0.2) is 23.3 Å². The number of amides is 1. The van der Waals surface area contributed by atoms with Crippen molar-refractivity contribution in [2.24, 2.45) is 0 Å². The largest absolute Gasteiger partial charge is 0.494 e. The lowest BCUT2D eigenvalue weighted by atomic mass is 10.1. The third-order valence-corrected chi connectivity index (χ3v) is 3.99. The summed E-state index contributed by atoms with van der Waals surface area (Å²) in [5.74, 6) is 1.01. The van der Waals surface area contributed by atoms with Crippen LogP contribution in [0.4, 0.5) is 17.2 Å². The minimum absolute atomic E-state index is 0.0138. The fourth-order valence-corrected chi connectivity index (χ4v) is 2.61. The molecule has 3 aromatic rings. The van der Waals surface area contributed by atoms with Crippen molar-refractivity contribution < 1.29 is 14.3 Å². The van der Waals surface area contributed by atoms with Crippen LogP contribution in [0.3, 0.4) is 0 Å². The maximum absolute atomic E-state index is 12.5. The minimum Gasteiger partial charge on any atom is -0.494 e. The predicted octanol–water partition coefficient (Wildman–Crippen LogP) is 4.68. The normalized spacial score (nSPS) is 10.2. The van der Waals surface area contributed by atoms with Gasteiger partial charge in [-0.15, -0.1) is 0 Å². The Morgan fingerprint density at radius 3 is 2.46 bits per heavy atom. The van der Waals surface area contributed by atoms with Crippen LogP contribution in [0.25, 0.3) is 0 Å². The summed E-state index contributed by atoms with van der Waals surface area (Å²) in [6, 6.07) is 17.6. The third kappa shape index (κ3) is 4.94. The first-order chi connectivity index (χ1) is 13.5. The van der Waals surface area contributed by atoms with E-state index < -0.39 is 0 Å². The number of nitrogens with zero attached hydrogens (tertiary/aromatic N) is 1. The van der Waals surface area contributed by atoms with E-state index in [0.717, 1.165) is 11.4 Å². The highest BCUT2D eigenvalue weighted by atomic mass is 16.5. The van der Waals surface area contributed by atoms with Crippen LogP contribution >= 0.6 is 0 Å². The first-order valence-electron chi connectivity index (χ1n) is 8.93. The summed E-state index contributed by atoms with van der Waals surface area (Å²) < 4.78 is 5.40. The van der Waals surface area contributed by atoms with E-state index in [9.17, 15) is 9.59 Å². The topological polar surface area (TPSA) is 80.3 Å². The molecule has 0 saturated heterocycles. The number of pyridine rings is 1. The molecule has 0 aliphatic carbocycles. The molecule has 0 fully saturated rings. The molecule has 0 saturated carbocycles. The van der Waals surface area contributed by atoms with Gasteiger partial charge in [0.1, 0.15) is 11.6 Å². The van der Waals surface area contributed by atoms with E-state index in [1.165, 1.54) is 6.92 Å². The molecule has 0 aliphatic rings. The van der Waals surface area contributed by atoms with E-state index in [4.69, 9.17) is 4.74 Å². The van der Waals surface area contributed by atoms with Gasteiger partial charge in [0.2, 0.25) is 0 Å². The Labute approximate surface area is 163 Å². The average molecular weight is 375 g/mol. The first kappa shape index (κ1) is 19.1. The van der Waals surface area contributed by atoms with Crippen molar-refractivity contribution in [3.05, 3.63) is 78.0 Å². The number of carbonyl (C=O) groups excluding carboxylic acids is 2. The number of benzene rings is 2. The predicted molar refractivity (Wildman–Crippen MR) is 110 cm³/mol. The number of Topliss-reactive ketones (excluding diaryl/α,β-unsaturated/α-hetero) is 1. The summed E-state index contributed by atoms with van der Waals surface area (Å²) in [6.45, 7) is 4.03. The highest BCUT2D eigenvalue weighted by Crippen LogP contribution is 2.19. The second kappa shape index (κ2) is 8.81. The molecule has 0 unspecified atom stereocenters. The van der Waals surface area contributed by atoms with Gasteiger partial charge in [-0.1, -0.05) is 12.1 Å². The van der Waals surface area contributed by atoms with Crippen LogP contribution in [-0.2, 0) is 0 Å². The molecule has 0 bridgehead atoms. The number of anilines is 3. The quantitative estimate of drug-likeness (QED) is 0.586. The van der Waals surface area contributed by atoms with Gasteiger partial charge in [-0.2, -0.15) is 0 Å². The highest BCUT2D eigenvalue weighted by molar-refractivity contribution is 6.04. The number of hydrogen-bond acceptors (Lipinski definition) is 5. The fourth-order valence-electron chi connectivity index (χ4n) is 2.61. The third-order valence-electron chi connectivity index (χ3n) is 3.99. The van der Waals surface area contributed by atoms with Crippen LogP contribution in [0.2, 0.25) is 0 Å². The van der Waals surface area contributed by atoms with Gasteiger partial charge in [0.25, 0.3) is 5.91 Å². The van der Waals surface area contributed by atoms with Gasteiger partial charge in [-0.05, 0) is 62.4 Å². The molecule has 0 spiro atoms. The Bertz CT molecular complexity index is 984. The Morgan fingerprint density at radius 1 is 0.964 bits per heavy atom. The van der Waals surface area contributed by atoms with Crippen LogP contribution in [0.1, 0.15) is 34.6 Å². The molecular formula is C22H21N3O3. The van der Waals surface area contributed by atoms with E-state index in [-0.39, 0.29) is 11.7 Å². The van der Waals surface area contributed by atoms with Crippen molar-refractivity contribution in [2.75, 3.05) is 17.2 Å². The number of ketones is 1. The molecule has 6 heteroatoms. The smallest absolute Gasteiger partial charge is 0.255 e. The standard InChI is InChI=1S/C22H21N3O3/c1-3-28-20-9-7-18(8-10-20)25-22(27)17-11-12-23-21(14-17)24-19-6-4-5-16(13-19)15(2)26/h4-14H,3H2,1-2H3,(H,23,24)(H,25,27). The van der Waals surface area contributed by atoms with Gasteiger partial charge in [-0.3, -0.25) is 9.59 Å². The van der Waals surface area contributed by atoms with Gasteiger partial charge < -0.3 is 15.4 Å². The number of rotatable bonds is 7. The molecule has 0 radical (unpaired) electrons. The van der Waals surface area contributed by atoms with Crippen LogP contribution < -0.4 is 15.4 Å². The molecule has 1 aromatic heterocycles. The maximum atomic E-state index is 12.5. The first-order valence-corrected chi connectivity index (χ1v) is 8.93. The Hall–Kier alpha value is -3.67. The molecule has 142 valence electrons. The van der Waals surface area contributed by atoms with Crippen LogP contribution in [0, 0.1) is 0 Å². The van der Waals surface area contributed by atoms with Crippen molar-refractivity contribution in [3.63, 3.8) is 0 Å². The fraction of sp³-hybridized carbons (Fsp3) is 0.136. The van der Waals surface area contributed by atoms with Gasteiger partial charge in [-0.25, -0.2) is 4.98 Å². The van der Waals surface area contributed by atoms with Gasteiger partial charge in [0.15, 0.2) is 5.78 Å². The second-order valence-corrected chi connectivity index (χ2v) is 6.10. The van der Waals surface area contributed by atoms with Crippen molar-refractivity contribution in [2.45, 2.75) is 13.8 Å². The molecule has 0 atom stereocenters. The number of aromatic nitrogens is 1. The van der Waals surface area contributed by atoms with Crippen LogP contribution in [0.15, 0.2) is 66.9 Å². The van der Waals surface area contributed by atoms with Crippen molar-refractivity contribution >= 4 is 28.9 Å². The molecule has 0 aliphatic heterocycles. The Kier molecular flexibility index (Phi) is 6.01. The Morgan fingerprint density at radius 2 is 1.75 bits per heavy atom. The van der Waals surface area contributed by atoms with E-state index >= 15 is 0 Å². The molecule has 3 rings (SSSR count). The van der Waals surface area contributed by atoms with E-state index in [1.807, 2.05) is 13.0 Å². The lowest BCUT2D eigenvalue weighted by Gasteiger charge is -2.10. The molecule has 1 amide bonds. The van der Waals surface area contributed by atoms with Crippen molar-refractivity contribution in [1.82, 2.24) is 4.98 Å². The summed E-state index contributed by atoms with van der Waals surface area (Å²) >= 11 is 0. The number of nitrogens with one attached hydrogen (secondary N) is 2. The Balaban J connectivity index is 1.70. The van der Waals surface area contributed by atoms with Gasteiger partial charge >= 0.3 is 0 Å². The van der Waals surface area contributed by atoms with E-state index in [2.05, 4.69) is 15.6 Å². The van der Waals surface area contributed by atoms with Crippen LogP contribution in [0.5, 0.6) is 5.75 Å². The monoisotopic (exact) mass is 375 g/mol. The van der Waals surface area contributed by atoms with E-state index in [0.29, 0.717) is 29.2 Å². The SMILES string of the molecule is CCOc1ccc(NC(=O)c2ccnc(Nc3cccc(C(C)=O)c3)c2)cc1. The van der Waals surface area contributed by atoms with Gasteiger partial charge in [0.05, 0.1) is 6.61 Å². The number of ether oxygens (including phenoxy) is 1. The van der Waals surface area contributed by atoms with Gasteiger partial charge in [0, 0.05) is 28.7 Å².